The molecule has 3 amide bonds. The van der Waals surface area contributed by atoms with Crippen LogP contribution in [0.3, 0.4) is 0 Å². The van der Waals surface area contributed by atoms with E-state index in [1.165, 1.54) is 12.0 Å². The molecule has 1 N–H and O–H groups in total. The van der Waals surface area contributed by atoms with Crippen LogP contribution < -0.4 is 10.1 Å². The number of hydrogen-bond acceptors (Lipinski definition) is 3. The molecule has 2 aliphatic heterocycles. The van der Waals surface area contributed by atoms with E-state index in [2.05, 4.69) is 17.4 Å². The van der Waals surface area contributed by atoms with Gasteiger partial charge in [0.2, 0.25) is 5.91 Å². The number of benzene rings is 1. The van der Waals surface area contributed by atoms with Gasteiger partial charge < -0.3 is 19.9 Å². The average Bonchev–Trinajstić information content (AvgIpc) is 3.17. The number of carbonyl (C=O) groups excluding carboxylic acids is 2. The number of methoxy groups -OCH3 is 1. The van der Waals surface area contributed by atoms with Crippen LogP contribution in [0.2, 0.25) is 0 Å². The van der Waals surface area contributed by atoms with Gasteiger partial charge in [-0.2, -0.15) is 0 Å². The van der Waals surface area contributed by atoms with Gasteiger partial charge >= 0.3 is 6.03 Å². The molecule has 136 valence electrons. The van der Waals surface area contributed by atoms with Gasteiger partial charge in [-0.1, -0.05) is 12.1 Å². The van der Waals surface area contributed by atoms with E-state index in [9.17, 15) is 9.59 Å². The summed E-state index contributed by atoms with van der Waals surface area (Å²) in [5, 5.41) is 2.79. The van der Waals surface area contributed by atoms with Crippen molar-refractivity contribution in [2.24, 2.45) is 0 Å². The highest BCUT2D eigenvalue weighted by Gasteiger charge is 2.28. The Hall–Kier alpha value is -2.24. The third-order valence-electron chi connectivity index (χ3n) is 5.16. The van der Waals surface area contributed by atoms with Gasteiger partial charge in [-0.25, -0.2) is 4.79 Å². The quantitative estimate of drug-likeness (QED) is 0.910. The molecule has 1 atom stereocenters. The van der Waals surface area contributed by atoms with Gasteiger partial charge in [-0.15, -0.1) is 0 Å². The van der Waals surface area contributed by atoms with Crippen LogP contribution in [0.25, 0.3) is 0 Å². The van der Waals surface area contributed by atoms with Crippen LogP contribution >= 0.6 is 0 Å². The molecule has 6 nitrogen and oxygen atoms in total. The molecule has 2 heterocycles. The summed E-state index contributed by atoms with van der Waals surface area (Å²) in [6.45, 7) is 3.15. The maximum absolute atomic E-state index is 12.3. The Morgan fingerprint density at radius 1 is 1.08 bits per heavy atom. The zero-order valence-corrected chi connectivity index (χ0v) is 14.9. The first-order valence-electron chi connectivity index (χ1n) is 9.12. The first-order chi connectivity index (χ1) is 12.2. The number of rotatable bonds is 4. The Morgan fingerprint density at radius 3 is 2.48 bits per heavy atom. The lowest BCUT2D eigenvalue weighted by Crippen LogP contribution is -2.46. The highest BCUT2D eigenvalue weighted by atomic mass is 16.5. The minimum Gasteiger partial charge on any atom is -0.497 e. The number of amides is 3. The summed E-state index contributed by atoms with van der Waals surface area (Å²) >= 11 is 0. The molecule has 0 unspecified atom stereocenters. The van der Waals surface area contributed by atoms with Crippen LogP contribution in [0.4, 0.5) is 4.79 Å². The predicted molar refractivity (Wildman–Crippen MR) is 95.8 cm³/mol. The first-order valence-corrected chi connectivity index (χ1v) is 9.12. The molecular formula is C19H27N3O3. The normalized spacial score (nSPS) is 20.4. The molecule has 2 saturated heterocycles. The van der Waals surface area contributed by atoms with Crippen molar-refractivity contribution < 1.29 is 14.3 Å². The van der Waals surface area contributed by atoms with Gasteiger partial charge in [0.15, 0.2) is 0 Å². The zero-order valence-electron chi connectivity index (χ0n) is 14.9. The third kappa shape index (κ3) is 4.44. The van der Waals surface area contributed by atoms with Gasteiger partial charge in [-0.3, -0.25) is 4.79 Å². The molecule has 0 bridgehead atoms. The van der Waals surface area contributed by atoms with Crippen LogP contribution in [0, 0.1) is 0 Å². The van der Waals surface area contributed by atoms with Crippen molar-refractivity contribution in [3.63, 3.8) is 0 Å². The molecule has 1 aromatic carbocycles. The highest BCUT2D eigenvalue weighted by molar-refractivity contribution is 5.84. The van der Waals surface area contributed by atoms with Gasteiger partial charge in [-0.05, 0) is 43.4 Å². The van der Waals surface area contributed by atoms with Gasteiger partial charge in [0.05, 0.1) is 13.7 Å². The number of ether oxygens (including phenoxy) is 1. The molecule has 1 aromatic rings. The largest absolute Gasteiger partial charge is 0.497 e. The van der Waals surface area contributed by atoms with Crippen LogP contribution in [0.15, 0.2) is 24.3 Å². The SMILES string of the molecule is COc1ccc([C@@H]2CCN(C(=O)NCC(=O)N3CCCCC3)C2)cc1. The molecule has 0 spiro atoms. The fraction of sp³-hybridized carbons (Fsp3) is 0.579. The van der Waals surface area contributed by atoms with Gasteiger partial charge in [0.1, 0.15) is 5.75 Å². The molecule has 25 heavy (non-hydrogen) atoms. The van der Waals surface area contributed by atoms with E-state index in [1.54, 1.807) is 12.0 Å². The maximum atomic E-state index is 12.3. The Morgan fingerprint density at radius 2 is 1.80 bits per heavy atom. The molecule has 6 heteroatoms. The minimum atomic E-state index is -0.138. The predicted octanol–water partition coefficient (Wildman–Crippen LogP) is 2.21. The van der Waals surface area contributed by atoms with E-state index >= 15 is 0 Å². The Balaban J connectivity index is 1.46. The third-order valence-corrected chi connectivity index (χ3v) is 5.16. The summed E-state index contributed by atoms with van der Waals surface area (Å²) in [6, 6.07) is 7.89. The minimum absolute atomic E-state index is 0.0268. The van der Waals surface area contributed by atoms with Gasteiger partial charge in [0.25, 0.3) is 0 Å². The number of likely N-dealkylation sites (tertiary alicyclic amines) is 2. The van der Waals surface area contributed by atoms with Crippen molar-refractivity contribution >= 4 is 11.9 Å². The van der Waals surface area contributed by atoms with Crippen molar-refractivity contribution in [1.82, 2.24) is 15.1 Å². The van der Waals surface area contributed by atoms with E-state index in [1.807, 2.05) is 17.0 Å². The van der Waals surface area contributed by atoms with Crippen molar-refractivity contribution in [3.05, 3.63) is 29.8 Å². The Bertz CT molecular complexity index is 596. The summed E-state index contributed by atoms with van der Waals surface area (Å²) in [6.07, 6.45) is 4.27. The summed E-state index contributed by atoms with van der Waals surface area (Å²) in [5.74, 6) is 1.21. The van der Waals surface area contributed by atoms with Crippen molar-refractivity contribution in [1.29, 1.82) is 0 Å². The molecule has 0 aromatic heterocycles. The lowest BCUT2D eigenvalue weighted by molar-refractivity contribution is -0.130. The van der Waals surface area contributed by atoms with Crippen molar-refractivity contribution in [2.75, 3.05) is 39.8 Å². The molecule has 0 aliphatic carbocycles. The summed E-state index contributed by atoms with van der Waals surface area (Å²) in [7, 11) is 1.65. The summed E-state index contributed by atoms with van der Waals surface area (Å²) in [4.78, 5) is 28.1. The van der Waals surface area contributed by atoms with E-state index < -0.39 is 0 Å². The van der Waals surface area contributed by atoms with Crippen LogP contribution in [-0.2, 0) is 4.79 Å². The van der Waals surface area contributed by atoms with E-state index in [-0.39, 0.29) is 18.5 Å². The molecule has 2 aliphatic rings. The number of hydrogen-bond donors (Lipinski definition) is 1. The van der Waals surface area contributed by atoms with E-state index in [0.29, 0.717) is 12.5 Å². The van der Waals surface area contributed by atoms with E-state index in [4.69, 9.17) is 4.74 Å². The second-order valence-electron chi connectivity index (χ2n) is 6.80. The molecule has 3 rings (SSSR count). The number of nitrogens with zero attached hydrogens (tertiary/aromatic N) is 2. The van der Waals surface area contributed by atoms with Crippen LogP contribution in [-0.4, -0.2) is 61.6 Å². The van der Waals surface area contributed by atoms with Crippen molar-refractivity contribution in [2.45, 2.75) is 31.6 Å². The number of carbonyl (C=O) groups is 2. The van der Waals surface area contributed by atoms with Crippen molar-refractivity contribution in [3.8, 4) is 5.75 Å². The topological polar surface area (TPSA) is 61.9 Å². The zero-order chi connectivity index (χ0) is 17.6. The molecule has 0 radical (unpaired) electrons. The molecular weight excluding hydrogens is 318 g/mol. The summed E-state index contributed by atoms with van der Waals surface area (Å²) < 4.78 is 5.19. The highest BCUT2D eigenvalue weighted by Crippen LogP contribution is 2.28. The van der Waals surface area contributed by atoms with Crippen LogP contribution in [0.1, 0.15) is 37.2 Å². The standard InChI is InChI=1S/C19H27N3O3/c1-25-17-7-5-15(6-8-17)16-9-12-22(14-16)19(24)20-13-18(23)21-10-3-2-4-11-21/h5-8,16H,2-4,9-14H2,1H3,(H,20,24)/t16-/m1/s1. The average molecular weight is 345 g/mol. The number of urea groups is 1. The van der Waals surface area contributed by atoms with Crippen LogP contribution in [0.5, 0.6) is 5.75 Å². The fourth-order valence-electron chi connectivity index (χ4n) is 3.61. The van der Waals surface area contributed by atoms with Gasteiger partial charge in [0, 0.05) is 32.1 Å². The number of nitrogens with one attached hydrogen (secondary N) is 1. The fourth-order valence-corrected chi connectivity index (χ4v) is 3.61. The smallest absolute Gasteiger partial charge is 0.317 e. The second kappa shape index (κ2) is 8.23. The Kier molecular flexibility index (Phi) is 5.79. The maximum Gasteiger partial charge on any atom is 0.317 e. The monoisotopic (exact) mass is 345 g/mol. The van der Waals surface area contributed by atoms with E-state index in [0.717, 1.165) is 44.6 Å². The lowest BCUT2D eigenvalue weighted by atomic mass is 9.98. The molecule has 2 fully saturated rings. The summed E-state index contributed by atoms with van der Waals surface area (Å²) in [5.41, 5.74) is 1.22. The molecule has 0 saturated carbocycles. The Labute approximate surface area is 149 Å². The first kappa shape index (κ1) is 17.6. The number of piperidine rings is 1. The second-order valence-corrected chi connectivity index (χ2v) is 6.80. The lowest BCUT2D eigenvalue weighted by Gasteiger charge is -2.27.